The molecule has 3 aromatic carbocycles. The van der Waals surface area contributed by atoms with Crippen LogP contribution in [0.15, 0.2) is 72.8 Å². The number of hydrogen-bond acceptors (Lipinski definition) is 6. The number of benzene rings is 3. The van der Waals surface area contributed by atoms with Crippen LogP contribution in [0, 0.1) is 23.0 Å². The van der Waals surface area contributed by atoms with Gasteiger partial charge in [-0.2, -0.15) is 0 Å². The van der Waals surface area contributed by atoms with Crippen LogP contribution in [0.3, 0.4) is 0 Å². The van der Waals surface area contributed by atoms with Gasteiger partial charge in [-0.15, -0.1) is 11.8 Å². The lowest BCUT2D eigenvalue weighted by Crippen LogP contribution is -2.52. The second-order valence-electron chi connectivity index (χ2n) is 9.39. The number of aryl methyl sites for hydroxylation is 1. The minimum atomic E-state index is -1.14. The lowest BCUT2D eigenvalue weighted by molar-refractivity contribution is -0.384. The van der Waals surface area contributed by atoms with Gasteiger partial charge >= 0.3 is 0 Å². The van der Waals surface area contributed by atoms with Crippen molar-refractivity contribution in [2.24, 2.45) is 5.92 Å². The zero-order chi connectivity index (χ0) is 24.3. The fourth-order valence-electron chi connectivity index (χ4n) is 6.16. The average molecular weight is 486 g/mol. The van der Waals surface area contributed by atoms with E-state index in [1.54, 1.807) is 36.0 Å². The molecule has 3 aromatic rings. The minimum Gasteiger partial charge on any atom is -0.324 e. The van der Waals surface area contributed by atoms with E-state index in [-0.39, 0.29) is 29.3 Å². The summed E-state index contributed by atoms with van der Waals surface area (Å²) in [6.07, 6.45) is 0. The lowest BCUT2D eigenvalue weighted by Gasteiger charge is -2.36. The molecule has 3 aliphatic heterocycles. The molecule has 8 heteroatoms. The highest BCUT2D eigenvalue weighted by Gasteiger charge is 2.69. The lowest BCUT2D eigenvalue weighted by atomic mass is 9.69. The van der Waals surface area contributed by atoms with Gasteiger partial charge in [-0.05, 0) is 18.6 Å². The molecule has 1 spiro atoms. The summed E-state index contributed by atoms with van der Waals surface area (Å²) in [6, 6.07) is 21.4. The summed E-state index contributed by atoms with van der Waals surface area (Å²) in [6.45, 7) is 1.99. The average Bonchev–Trinajstić information content (AvgIpc) is 3.53. The summed E-state index contributed by atoms with van der Waals surface area (Å²) in [4.78, 5) is 41.3. The van der Waals surface area contributed by atoms with Crippen LogP contribution in [0.1, 0.15) is 33.0 Å². The fraction of sp³-hybridized carbons (Fsp3) is 0.259. The molecule has 0 unspecified atom stereocenters. The number of Topliss-reactive ketones (excluding diaryl/α,β-unsaturated/α-hetero) is 1. The Morgan fingerprint density at radius 2 is 1.86 bits per heavy atom. The zero-order valence-electron chi connectivity index (χ0n) is 19.0. The molecule has 176 valence electrons. The van der Waals surface area contributed by atoms with Gasteiger partial charge in [0, 0.05) is 52.5 Å². The van der Waals surface area contributed by atoms with Gasteiger partial charge in [0.15, 0.2) is 5.78 Å². The first-order valence-corrected chi connectivity index (χ1v) is 12.7. The van der Waals surface area contributed by atoms with Crippen molar-refractivity contribution in [3.05, 3.63) is 105 Å². The van der Waals surface area contributed by atoms with E-state index in [1.165, 1.54) is 12.1 Å². The third-order valence-electron chi connectivity index (χ3n) is 7.61. The number of amides is 1. The third kappa shape index (κ3) is 3.10. The second-order valence-corrected chi connectivity index (χ2v) is 10.4. The summed E-state index contributed by atoms with van der Waals surface area (Å²) in [5.41, 5.74) is 2.87. The van der Waals surface area contributed by atoms with Gasteiger partial charge in [0.2, 0.25) is 5.91 Å². The summed E-state index contributed by atoms with van der Waals surface area (Å²) < 4.78 is 0. The van der Waals surface area contributed by atoms with E-state index in [2.05, 4.69) is 10.2 Å². The number of nitro groups is 1. The highest BCUT2D eigenvalue weighted by Crippen LogP contribution is 2.61. The number of fused-ring (bicyclic) bond motifs is 4. The van der Waals surface area contributed by atoms with Crippen LogP contribution in [0.2, 0.25) is 0 Å². The first-order valence-electron chi connectivity index (χ1n) is 11.5. The molecule has 6 rings (SSSR count). The molecule has 2 saturated heterocycles. The van der Waals surface area contributed by atoms with Gasteiger partial charge in [0.1, 0.15) is 5.54 Å². The summed E-state index contributed by atoms with van der Waals surface area (Å²) in [5, 5.41) is 14.3. The number of thioether (sulfide) groups is 1. The van der Waals surface area contributed by atoms with Gasteiger partial charge in [-0.25, -0.2) is 0 Å². The van der Waals surface area contributed by atoms with Crippen molar-refractivity contribution in [1.82, 2.24) is 4.90 Å². The molecule has 0 bridgehead atoms. The van der Waals surface area contributed by atoms with Crippen LogP contribution < -0.4 is 5.32 Å². The van der Waals surface area contributed by atoms with Crippen molar-refractivity contribution in [3.63, 3.8) is 0 Å². The van der Waals surface area contributed by atoms with Crippen LogP contribution >= 0.6 is 11.8 Å². The van der Waals surface area contributed by atoms with E-state index in [1.807, 2.05) is 43.3 Å². The fourth-order valence-corrected chi connectivity index (χ4v) is 7.49. The van der Waals surface area contributed by atoms with Crippen molar-refractivity contribution in [1.29, 1.82) is 0 Å². The van der Waals surface area contributed by atoms with E-state index in [4.69, 9.17) is 0 Å². The Hall–Kier alpha value is -3.49. The Morgan fingerprint density at radius 3 is 2.57 bits per heavy atom. The maximum Gasteiger partial charge on any atom is 0.269 e. The molecule has 7 nitrogen and oxygen atoms in total. The Kier molecular flexibility index (Phi) is 5.05. The monoisotopic (exact) mass is 485 g/mol. The molecule has 0 aromatic heterocycles. The molecule has 3 aliphatic rings. The van der Waals surface area contributed by atoms with Crippen LogP contribution in [-0.2, 0) is 10.3 Å². The highest BCUT2D eigenvalue weighted by molar-refractivity contribution is 7.99. The van der Waals surface area contributed by atoms with E-state index < -0.39 is 16.4 Å². The molecule has 2 fully saturated rings. The quantitative estimate of drug-likeness (QED) is 0.327. The standard InChI is InChI=1S/C27H23N3O4S/c1-16-7-12-21-20(13-16)27(26(32)28-21)24(25(31)18-5-3-2-4-6-18)23(22-14-35-15-29(22)27)17-8-10-19(11-9-17)30(33)34/h2-13,22-24H,14-15H2,1H3,(H,28,32)/t22-,23-,24-,27+/m0/s1. The first-order chi connectivity index (χ1) is 16.9. The highest BCUT2D eigenvalue weighted by atomic mass is 32.2. The molecular weight excluding hydrogens is 462 g/mol. The molecule has 3 heterocycles. The van der Waals surface area contributed by atoms with Gasteiger partial charge in [0.05, 0.1) is 10.8 Å². The van der Waals surface area contributed by atoms with Gasteiger partial charge in [-0.3, -0.25) is 24.6 Å². The number of rotatable bonds is 4. The number of anilines is 1. The molecule has 0 saturated carbocycles. The maximum atomic E-state index is 14.3. The molecule has 35 heavy (non-hydrogen) atoms. The van der Waals surface area contributed by atoms with E-state index in [9.17, 15) is 19.7 Å². The molecule has 0 radical (unpaired) electrons. The summed E-state index contributed by atoms with van der Waals surface area (Å²) >= 11 is 1.75. The van der Waals surface area contributed by atoms with Crippen LogP contribution in [0.4, 0.5) is 11.4 Å². The SMILES string of the molecule is Cc1ccc2c(c1)[C@]1(C(=O)N2)[C@H](C(=O)c2ccccc2)[C@@H](c2ccc([N+](=O)[O-])cc2)[C@@H]2CSCN21. The van der Waals surface area contributed by atoms with Crippen LogP contribution in [-0.4, -0.2) is 39.2 Å². The minimum absolute atomic E-state index is 0.00429. The van der Waals surface area contributed by atoms with Gasteiger partial charge in [-0.1, -0.05) is 60.2 Å². The van der Waals surface area contributed by atoms with E-state index >= 15 is 0 Å². The number of nitrogens with one attached hydrogen (secondary N) is 1. The Morgan fingerprint density at radius 1 is 1.11 bits per heavy atom. The molecular formula is C27H23N3O4S. The summed E-state index contributed by atoms with van der Waals surface area (Å²) in [5.74, 6) is 0.169. The predicted octanol–water partition coefficient (Wildman–Crippen LogP) is 4.72. The van der Waals surface area contributed by atoms with Crippen LogP contribution in [0.5, 0.6) is 0 Å². The van der Waals surface area contributed by atoms with Crippen molar-refractivity contribution in [2.75, 3.05) is 16.9 Å². The maximum absolute atomic E-state index is 14.3. The normalized spacial score (nSPS) is 27.0. The number of nitrogens with zero attached hydrogens (tertiary/aromatic N) is 2. The Bertz CT molecular complexity index is 1360. The largest absolute Gasteiger partial charge is 0.324 e. The number of carbonyl (C=O) groups is 2. The number of non-ortho nitro benzene ring substituents is 1. The predicted molar refractivity (Wildman–Crippen MR) is 135 cm³/mol. The van der Waals surface area contributed by atoms with Crippen molar-refractivity contribution in [3.8, 4) is 0 Å². The number of nitro benzene ring substituents is 1. The van der Waals surface area contributed by atoms with Crippen molar-refractivity contribution >= 4 is 34.8 Å². The number of ketones is 1. The van der Waals surface area contributed by atoms with Crippen molar-refractivity contribution in [2.45, 2.75) is 24.4 Å². The summed E-state index contributed by atoms with van der Waals surface area (Å²) in [7, 11) is 0. The van der Waals surface area contributed by atoms with Crippen molar-refractivity contribution < 1.29 is 14.5 Å². The molecule has 0 aliphatic carbocycles. The third-order valence-corrected chi connectivity index (χ3v) is 8.64. The Balaban J connectivity index is 1.60. The Labute approximate surface area is 206 Å². The smallest absolute Gasteiger partial charge is 0.269 e. The topological polar surface area (TPSA) is 92.5 Å². The number of carbonyl (C=O) groups excluding carboxylic acids is 2. The van der Waals surface area contributed by atoms with E-state index in [0.29, 0.717) is 11.4 Å². The van der Waals surface area contributed by atoms with Gasteiger partial charge in [0.25, 0.3) is 5.69 Å². The molecule has 1 N–H and O–H groups in total. The first kappa shape index (κ1) is 22.0. The second kappa shape index (κ2) is 8.03. The zero-order valence-corrected chi connectivity index (χ0v) is 19.8. The van der Waals surface area contributed by atoms with E-state index in [0.717, 1.165) is 28.1 Å². The molecule has 1 amide bonds. The van der Waals surface area contributed by atoms with Crippen LogP contribution in [0.25, 0.3) is 0 Å². The number of hydrogen-bond donors (Lipinski definition) is 1. The molecule has 4 atom stereocenters. The van der Waals surface area contributed by atoms with Gasteiger partial charge < -0.3 is 5.32 Å².